The molecule has 14 heavy (non-hydrogen) atoms. The summed E-state index contributed by atoms with van der Waals surface area (Å²) in [5.41, 5.74) is 0. The number of ether oxygens (including phenoxy) is 1. The van der Waals surface area contributed by atoms with Crippen molar-refractivity contribution in [1.29, 1.82) is 0 Å². The zero-order chi connectivity index (χ0) is 9.97. The van der Waals surface area contributed by atoms with Crippen molar-refractivity contribution in [3.05, 3.63) is 0 Å². The highest BCUT2D eigenvalue weighted by Crippen LogP contribution is 2.20. The molecule has 0 amide bonds. The molecule has 4 heteroatoms. The molecule has 2 aliphatic rings. The summed E-state index contributed by atoms with van der Waals surface area (Å²) in [6, 6.07) is 0.644. The second-order valence-corrected chi connectivity index (χ2v) is 4.28. The zero-order valence-corrected chi connectivity index (χ0v) is 8.78. The van der Waals surface area contributed by atoms with Gasteiger partial charge in [0.25, 0.3) is 0 Å². The van der Waals surface area contributed by atoms with Crippen molar-refractivity contribution in [2.45, 2.75) is 31.1 Å². The van der Waals surface area contributed by atoms with Crippen LogP contribution in [0.15, 0.2) is 0 Å². The molecule has 4 nitrogen and oxygen atoms in total. The first-order valence-corrected chi connectivity index (χ1v) is 5.47. The lowest BCUT2D eigenvalue weighted by atomic mass is 10.1. The molecular weight excluding hydrogens is 180 g/mol. The Labute approximate surface area is 85.2 Å². The van der Waals surface area contributed by atoms with Gasteiger partial charge in [0.2, 0.25) is 0 Å². The summed E-state index contributed by atoms with van der Waals surface area (Å²) < 4.78 is 5.24. The van der Waals surface area contributed by atoms with Crippen LogP contribution in [0.5, 0.6) is 0 Å². The molecule has 0 aromatic rings. The fraction of sp³-hybridized carbons (Fsp3) is 1.00. The number of hydrogen-bond donors (Lipinski definition) is 2. The molecule has 0 aromatic heterocycles. The molecular formula is C10H20N2O2. The van der Waals surface area contributed by atoms with Gasteiger partial charge in [0.05, 0.1) is 12.2 Å². The van der Waals surface area contributed by atoms with Gasteiger partial charge in [-0.25, -0.2) is 0 Å². The average molecular weight is 200 g/mol. The number of β-amino-alcohol motifs (C(OH)–C–C–N with tert-alkyl or cyclic N) is 1. The molecule has 0 saturated carbocycles. The van der Waals surface area contributed by atoms with Crippen LogP contribution in [-0.2, 0) is 4.74 Å². The van der Waals surface area contributed by atoms with Gasteiger partial charge in [0.15, 0.2) is 0 Å². The van der Waals surface area contributed by atoms with Crippen molar-refractivity contribution in [1.82, 2.24) is 10.2 Å². The third-order valence-electron chi connectivity index (χ3n) is 3.39. The maximum atomic E-state index is 9.71. The predicted octanol–water partition coefficient (Wildman–Crippen LogP) is -0.570. The highest BCUT2D eigenvalue weighted by atomic mass is 16.5. The number of rotatable bonds is 2. The minimum atomic E-state index is -0.296. The van der Waals surface area contributed by atoms with Gasteiger partial charge < -0.3 is 15.2 Å². The highest BCUT2D eigenvalue weighted by molar-refractivity contribution is 4.89. The molecule has 2 saturated heterocycles. The molecule has 2 fully saturated rings. The highest BCUT2D eigenvalue weighted by Gasteiger charge is 2.35. The van der Waals surface area contributed by atoms with Gasteiger partial charge in [0, 0.05) is 26.2 Å². The van der Waals surface area contributed by atoms with Gasteiger partial charge in [-0.05, 0) is 25.9 Å². The van der Waals surface area contributed by atoms with Crippen LogP contribution in [0.3, 0.4) is 0 Å². The Kier molecular flexibility index (Phi) is 3.38. The Hall–Kier alpha value is -0.160. The normalized spacial score (nSPS) is 36.4. The van der Waals surface area contributed by atoms with E-state index in [-0.39, 0.29) is 12.2 Å². The quantitative estimate of drug-likeness (QED) is 0.626. The lowest BCUT2D eigenvalue weighted by molar-refractivity contribution is 0.0213. The molecule has 0 bridgehead atoms. The van der Waals surface area contributed by atoms with E-state index in [0.717, 1.165) is 26.2 Å². The van der Waals surface area contributed by atoms with Crippen LogP contribution < -0.4 is 5.32 Å². The summed E-state index contributed by atoms with van der Waals surface area (Å²) in [4.78, 5) is 2.37. The molecule has 82 valence electrons. The standard InChI is InChI=1S/C10H20N2O2/c1-14-10-7-12(6-9(10)13)8-2-4-11-5-3-8/h8-11,13H,2-7H2,1H3/t9-,10-/m0/s1. The van der Waals surface area contributed by atoms with E-state index >= 15 is 0 Å². The molecule has 0 aromatic carbocycles. The Morgan fingerprint density at radius 1 is 1.29 bits per heavy atom. The van der Waals surface area contributed by atoms with Gasteiger partial charge in [-0.15, -0.1) is 0 Å². The number of hydrogen-bond acceptors (Lipinski definition) is 4. The lowest BCUT2D eigenvalue weighted by Crippen LogP contribution is -2.42. The summed E-state index contributed by atoms with van der Waals surface area (Å²) in [6.07, 6.45) is 2.12. The van der Waals surface area contributed by atoms with Crippen LogP contribution in [0.4, 0.5) is 0 Å². The van der Waals surface area contributed by atoms with Crippen LogP contribution in [0.1, 0.15) is 12.8 Å². The lowest BCUT2D eigenvalue weighted by Gasteiger charge is -2.31. The first kappa shape index (κ1) is 10.4. The van der Waals surface area contributed by atoms with Crippen molar-refractivity contribution in [3.8, 4) is 0 Å². The summed E-state index contributed by atoms with van der Waals surface area (Å²) in [7, 11) is 1.68. The fourth-order valence-corrected chi connectivity index (χ4v) is 2.49. The molecule has 2 heterocycles. The first-order chi connectivity index (χ1) is 6.81. The van der Waals surface area contributed by atoms with E-state index in [2.05, 4.69) is 10.2 Å². The van der Waals surface area contributed by atoms with Crippen molar-refractivity contribution < 1.29 is 9.84 Å². The molecule has 2 N–H and O–H groups in total. The van der Waals surface area contributed by atoms with Crippen LogP contribution >= 0.6 is 0 Å². The number of methoxy groups -OCH3 is 1. The summed E-state index contributed by atoms with van der Waals surface area (Å²) in [5, 5.41) is 13.1. The number of nitrogens with zero attached hydrogens (tertiary/aromatic N) is 1. The maximum Gasteiger partial charge on any atom is 0.0969 e. The molecule has 0 aliphatic carbocycles. The van der Waals surface area contributed by atoms with E-state index in [9.17, 15) is 5.11 Å². The Morgan fingerprint density at radius 3 is 2.57 bits per heavy atom. The number of nitrogens with one attached hydrogen (secondary N) is 1. The van der Waals surface area contributed by atoms with E-state index in [4.69, 9.17) is 4.74 Å². The monoisotopic (exact) mass is 200 g/mol. The number of aliphatic hydroxyl groups is 1. The van der Waals surface area contributed by atoms with Crippen molar-refractivity contribution in [2.24, 2.45) is 0 Å². The molecule has 2 aliphatic heterocycles. The van der Waals surface area contributed by atoms with Crippen LogP contribution in [0.2, 0.25) is 0 Å². The topological polar surface area (TPSA) is 44.7 Å². The van der Waals surface area contributed by atoms with Crippen molar-refractivity contribution in [2.75, 3.05) is 33.3 Å². The van der Waals surface area contributed by atoms with Gasteiger partial charge in [0.1, 0.15) is 0 Å². The average Bonchev–Trinajstić information content (AvgIpc) is 2.61. The van der Waals surface area contributed by atoms with E-state index in [1.807, 2.05) is 0 Å². The minimum Gasteiger partial charge on any atom is -0.389 e. The van der Waals surface area contributed by atoms with Gasteiger partial charge in [-0.2, -0.15) is 0 Å². The van der Waals surface area contributed by atoms with Crippen LogP contribution in [0, 0.1) is 0 Å². The summed E-state index contributed by atoms with van der Waals surface area (Å²) in [6.45, 7) is 3.88. The molecule has 2 atom stereocenters. The van der Waals surface area contributed by atoms with Crippen LogP contribution in [0.25, 0.3) is 0 Å². The van der Waals surface area contributed by atoms with Crippen LogP contribution in [-0.4, -0.2) is 61.5 Å². The largest absolute Gasteiger partial charge is 0.389 e. The first-order valence-electron chi connectivity index (χ1n) is 5.47. The van der Waals surface area contributed by atoms with Gasteiger partial charge in [-0.1, -0.05) is 0 Å². The van der Waals surface area contributed by atoms with E-state index in [1.165, 1.54) is 12.8 Å². The maximum absolute atomic E-state index is 9.71. The minimum absolute atomic E-state index is 0.0184. The Bertz CT molecular complexity index is 183. The van der Waals surface area contributed by atoms with Crippen molar-refractivity contribution >= 4 is 0 Å². The SMILES string of the molecule is CO[C@H]1CN(C2CCNCC2)C[C@@H]1O. The molecule has 0 unspecified atom stereocenters. The predicted molar refractivity (Wildman–Crippen MR) is 54.3 cm³/mol. The zero-order valence-electron chi connectivity index (χ0n) is 8.78. The molecule has 0 radical (unpaired) electrons. The smallest absolute Gasteiger partial charge is 0.0969 e. The second kappa shape index (κ2) is 4.57. The van der Waals surface area contributed by atoms with Crippen molar-refractivity contribution in [3.63, 3.8) is 0 Å². The molecule has 0 spiro atoms. The Balaban J connectivity index is 1.86. The fourth-order valence-electron chi connectivity index (χ4n) is 2.49. The Morgan fingerprint density at radius 2 is 2.00 bits per heavy atom. The second-order valence-electron chi connectivity index (χ2n) is 4.28. The number of piperidine rings is 1. The third-order valence-corrected chi connectivity index (χ3v) is 3.39. The summed E-state index contributed by atoms with van der Waals surface area (Å²) in [5.74, 6) is 0. The molecule has 2 rings (SSSR count). The number of aliphatic hydroxyl groups excluding tert-OH is 1. The van der Waals surface area contributed by atoms with E-state index in [1.54, 1.807) is 7.11 Å². The third kappa shape index (κ3) is 2.08. The number of likely N-dealkylation sites (tertiary alicyclic amines) is 1. The van der Waals surface area contributed by atoms with Gasteiger partial charge in [-0.3, -0.25) is 4.90 Å². The van der Waals surface area contributed by atoms with E-state index < -0.39 is 0 Å². The summed E-state index contributed by atoms with van der Waals surface area (Å²) >= 11 is 0. The van der Waals surface area contributed by atoms with Gasteiger partial charge >= 0.3 is 0 Å². The van der Waals surface area contributed by atoms with E-state index in [0.29, 0.717) is 6.04 Å².